The van der Waals surface area contributed by atoms with Gasteiger partial charge in [0.25, 0.3) is 0 Å². The summed E-state index contributed by atoms with van der Waals surface area (Å²) in [5, 5.41) is 15.1. The van der Waals surface area contributed by atoms with Crippen LogP contribution in [0.15, 0.2) is 18.2 Å². The lowest BCUT2D eigenvalue weighted by molar-refractivity contribution is 0.0697. The van der Waals surface area contributed by atoms with E-state index in [1.165, 1.54) is 12.8 Å². The third kappa shape index (κ3) is 4.39. The zero-order valence-electron chi connectivity index (χ0n) is 12.0. The third-order valence-corrected chi connectivity index (χ3v) is 4.90. The van der Waals surface area contributed by atoms with Crippen LogP contribution in [-0.4, -0.2) is 34.7 Å². The number of urea groups is 1. The fourth-order valence-electron chi connectivity index (χ4n) is 2.40. The van der Waals surface area contributed by atoms with Gasteiger partial charge in [-0.25, -0.2) is 9.59 Å². The first-order valence-corrected chi connectivity index (χ1v) is 8.12. The lowest BCUT2D eigenvalue weighted by Gasteiger charge is -2.21. The highest BCUT2D eigenvalue weighted by atomic mass is 32.2. The first-order chi connectivity index (χ1) is 10.1. The highest BCUT2D eigenvalue weighted by molar-refractivity contribution is 7.99. The molecular weight excluding hydrogens is 288 g/mol. The molecule has 2 rings (SSSR count). The second-order valence-corrected chi connectivity index (χ2v) is 6.53. The topological polar surface area (TPSA) is 78.4 Å². The Morgan fingerprint density at radius 3 is 2.86 bits per heavy atom. The number of thioether (sulfide) groups is 1. The fourth-order valence-corrected chi connectivity index (χ4v) is 3.64. The van der Waals surface area contributed by atoms with Gasteiger partial charge in [-0.15, -0.1) is 0 Å². The molecule has 6 heteroatoms. The third-order valence-electron chi connectivity index (χ3n) is 3.50. The summed E-state index contributed by atoms with van der Waals surface area (Å²) in [6.45, 7) is 2.33. The van der Waals surface area contributed by atoms with Gasteiger partial charge in [-0.05, 0) is 37.1 Å². The second-order valence-electron chi connectivity index (χ2n) is 5.13. The van der Waals surface area contributed by atoms with Gasteiger partial charge in [0.15, 0.2) is 0 Å². The van der Waals surface area contributed by atoms with Crippen LogP contribution in [0.5, 0.6) is 0 Å². The number of amides is 2. The molecule has 1 unspecified atom stereocenters. The van der Waals surface area contributed by atoms with E-state index in [1.54, 1.807) is 25.1 Å². The van der Waals surface area contributed by atoms with E-state index in [-0.39, 0.29) is 11.6 Å². The maximum atomic E-state index is 11.9. The highest BCUT2D eigenvalue weighted by Gasteiger charge is 2.17. The van der Waals surface area contributed by atoms with Crippen LogP contribution in [0.3, 0.4) is 0 Å². The lowest BCUT2D eigenvalue weighted by Crippen LogP contribution is -2.35. The van der Waals surface area contributed by atoms with Crippen molar-refractivity contribution in [2.24, 2.45) is 0 Å². The van der Waals surface area contributed by atoms with E-state index in [0.717, 1.165) is 12.2 Å². The number of benzene rings is 1. The van der Waals surface area contributed by atoms with Gasteiger partial charge in [-0.1, -0.05) is 18.6 Å². The van der Waals surface area contributed by atoms with Crippen LogP contribution in [0.2, 0.25) is 0 Å². The minimum Gasteiger partial charge on any atom is -0.478 e. The van der Waals surface area contributed by atoms with Crippen LogP contribution in [0.25, 0.3) is 0 Å². The van der Waals surface area contributed by atoms with Crippen molar-refractivity contribution in [1.29, 1.82) is 0 Å². The van der Waals surface area contributed by atoms with E-state index in [9.17, 15) is 14.7 Å². The van der Waals surface area contributed by atoms with Gasteiger partial charge in [-0.2, -0.15) is 11.8 Å². The molecule has 1 saturated heterocycles. The Bertz CT molecular complexity index is 528. The van der Waals surface area contributed by atoms with E-state index in [1.807, 2.05) is 11.8 Å². The molecule has 0 aliphatic carbocycles. The van der Waals surface area contributed by atoms with Gasteiger partial charge in [0, 0.05) is 11.8 Å². The van der Waals surface area contributed by atoms with E-state index in [0.29, 0.717) is 23.0 Å². The van der Waals surface area contributed by atoms with E-state index in [2.05, 4.69) is 10.6 Å². The summed E-state index contributed by atoms with van der Waals surface area (Å²) in [5.41, 5.74) is 1.10. The van der Waals surface area contributed by atoms with Gasteiger partial charge in [0.2, 0.25) is 0 Å². The standard InChI is InChI=1S/C15H20N2O3S/c1-10-5-4-7-12(13(10)14(18)19)17-15(20)16-9-11-6-2-3-8-21-11/h4-5,7,11H,2-3,6,8-9H2,1H3,(H,18,19)(H2,16,17,20). The van der Waals surface area contributed by atoms with Gasteiger partial charge >= 0.3 is 12.0 Å². The summed E-state index contributed by atoms with van der Waals surface area (Å²) in [7, 11) is 0. The van der Waals surface area contributed by atoms with Crippen molar-refractivity contribution in [1.82, 2.24) is 5.32 Å². The molecule has 1 fully saturated rings. The van der Waals surface area contributed by atoms with Crippen molar-refractivity contribution in [2.45, 2.75) is 31.4 Å². The number of rotatable bonds is 4. The molecule has 0 aromatic heterocycles. The number of carboxylic acids is 1. The highest BCUT2D eigenvalue weighted by Crippen LogP contribution is 2.24. The molecule has 0 spiro atoms. The van der Waals surface area contributed by atoms with Crippen LogP contribution in [0.1, 0.15) is 35.2 Å². The smallest absolute Gasteiger partial charge is 0.338 e. The Balaban J connectivity index is 1.93. The average molecular weight is 308 g/mol. The molecule has 0 radical (unpaired) electrons. The molecule has 2 amide bonds. The Kier molecular flexibility index (Phi) is 5.50. The summed E-state index contributed by atoms with van der Waals surface area (Å²) < 4.78 is 0. The second kappa shape index (κ2) is 7.36. The fraction of sp³-hybridized carbons (Fsp3) is 0.467. The molecular formula is C15H20N2O3S. The Labute approximate surface area is 128 Å². The van der Waals surface area contributed by atoms with Crippen molar-refractivity contribution in [2.75, 3.05) is 17.6 Å². The molecule has 0 bridgehead atoms. The number of aromatic carboxylic acids is 1. The number of hydrogen-bond donors (Lipinski definition) is 3. The molecule has 114 valence electrons. The zero-order chi connectivity index (χ0) is 15.2. The normalized spacial score (nSPS) is 18.0. The molecule has 1 aromatic rings. The molecule has 1 aliphatic heterocycles. The molecule has 0 saturated carbocycles. The Morgan fingerprint density at radius 2 is 2.19 bits per heavy atom. The van der Waals surface area contributed by atoms with E-state index in [4.69, 9.17) is 0 Å². The number of aryl methyl sites for hydroxylation is 1. The van der Waals surface area contributed by atoms with Gasteiger partial charge in [0.1, 0.15) is 0 Å². The molecule has 5 nitrogen and oxygen atoms in total. The monoisotopic (exact) mass is 308 g/mol. The van der Waals surface area contributed by atoms with Crippen molar-refractivity contribution in [3.8, 4) is 0 Å². The van der Waals surface area contributed by atoms with E-state index >= 15 is 0 Å². The molecule has 1 aliphatic rings. The summed E-state index contributed by atoms with van der Waals surface area (Å²) in [6, 6.07) is 4.69. The first kappa shape index (κ1) is 15.7. The Morgan fingerprint density at radius 1 is 1.38 bits per heavy atom. The predicted octanol–water partition coefficient (Wildman–Crippen LogP) is 3.10. The van der Waals surface area contributed by atoms with Gasteiger partial charge in [0.05, 0.1) is 11.3 Å². The average Bonchev–Trinajstić information content (AvgIpc) is 2.46. The largest absolute Gasteiger partial charge is 0.478 e. The van der Waals surface area contributed by atoms with Crippen LogP contribution >= 0.6 is 11.8 Å². The number of carboxylic acid groups (broad SMARTS) is 1. The van der Waals surface area contributed by atoms with Crippen molar-refractivity contribution in [3.63, 3.8) is 0 Å². The first-order valence-electron chi connectivity index (χ1n) is 7.07. The quantitative estimate of drug-likeness (QED) is 0.798. The number of hydrogen-bond acceptors (Lipinski definition) is 3. The van der Waals surface area contributed by atoms with Crippen LogP contribution in [-0.2, 0) is 0 Å². The molecule has 1 atom stereocenters. The maximum Gasteiger partial charge on any atom is 0.338 e. The van der Waals surface area contributed by atoms with Gasteiger partial charge < -0.3 is 15.7 Å². The van der Waals surface area contributed by atoms with Crippen molar-refractivity contribution >= 4 is 29.4 Å². The molecule has 1 aromatic carbocycles. The number of carbonyl (C=O) groups is 2. The maximum absolute atomic E-state index is 11.9. The van der Waals surface area contributed by atoms with Crippen LogP contribution in [0, 0.1) is 6.92 Å². The predicted molar refractivity (Wildman–Crippen MR) is 85.3 cm³/mol. The van der Waals surface area contributed by atoms with Crippen LogP contribution < -0.4 is 10.6 Å². The number of nitrogens with one attached hydrogen (secondary N) is 2. The molecule has 3 N–H and O–H groups in total. The minimum absolute atomic E-state index is 0.139. The lowest BCUT2D eigenvalue weighted by atomic mass is 10.1. The molecule has 1 heterocycles. The summed E-state index contributed by atoms with van der Waals surface area (Å²) >= 11 is 1.89. The summed E-state index contributed by atoms with van der Waals surface area (Å²) in [6.07, 6.45) is 3.58. The van der Waals surface area contributed by atoms with Gasteiger partial charge in [-0.3, -0.25) is 0 Å². The summed E-state index contributed by atoms with van der Waals surface area (Å²) in [5.74, 6) is 0.112. The zero-order valence-corrected chi connectivity index (χ0v) is 12.8. The Hall–Kier alpha value is -1.69. The summed E-state index contributed by atoms with van der Waals surface area (Å²) in [4.78, 5) is 23.2. The van der Waals surface area contributed by atoms with Crippen molar-refractivity contribution < 1.29 is 14.7 Å². The molecule has 21 heavy (non-hydrogen) atoms. The van der Waals surface area contributed by atoms with E-state index < -0.39 is 5.97 Å². The SMILES string of the molecule is Cc1cccc(NC(=O)NCC2CCCCS2)c1C(=O)O. The minimum atomic E-state index is -1.04. The number of carbonyl (C=O) groups excluding carboxylic acids is 1. The van der Waals surface area contributed by atoms with Crippen LogP contribution in [0.4, 0.5) is 10.5 Å². The van der Waals surface area contributed by atoms with Crippen molar-refractivity contribution in [3.05, 3.63) is 29.3 Å². The number of anilines is 1.